The highest BCUT2D eigenvalue weighted by Gasteiger charge is 2.05. The minimum absolute atomic E-state index is 0.0468. The van der Waals surface area contributed by atoms with Gasteiger partial charge in [0.1, 0.15) is 0 Å². The smallest absolute Gasteiger partial charge is 0.165 e. The average Bonchev–Trinajstić information content (AvgIpc) is 2.08. The summed E-state index contributed by atoms with van der Waals surface area (Å²) in [6.07, 6.45) is -0.0468. The summed E-state index contributed by atoms with van der Waals surface area (Å²) in [5, 5.41) is 8.73. The van der Waals surface area contributed by atoms with Crippen molar-refractivity contribution in [2.75, 3.05) is 0 Å². The van der Waals surface area contributed by atoms with Crippen molar-refractivity contribution in [2.24, 2.45) is 0 Å². The zero-order valence-corrected chi connectivity index (χ0v) is 7.75. The van der Waals surface area contributed by atoms with Crippen LogP contribution in [0.4, 0.5) is 4.39 Å². The minimum atomic E-state index is -0.430. The maximum Gasteiger partial charge on any atom is 0.165 e. The molecule has 0 fully saturated rings. The van der Waals surface area contributed by atoms with E-state index in [9.17, 15) is 4.39 Å². The van der Waals surface area contributed by atoms with Crippen molar-refractivity contribution in [3.8, 4) is 5.75 Å². The molecule has 0 aliphatic rings. The van der Waals surface area contributed by atoms with E-state index < -0.39 is 5.82 Å². The lowest BCUT2D eigenvalue weighted by molar-refractivity contribution is 0.230. The maximum absolute atomic E-state index is 13.2. The summed E-state index contributed by atoms with van der Waals surface area (Å²) in [5.74, 6) is -0.201. The SMILES string of the molecule is CC(C)Oc1ccc(CO)cc1F. The van der Waals surface area contributed by atoms with E-state index >= 15 is 0 Å². The van der Waals surface area contributed by atoms with Gasteiger partial charge in [0.25, 0.3) is 0 Å². The van der Waals surface area contributed by atoms with Crippen molar-refractivity contribution in [3.63, 3.8) is 0 Å². The number of aliphatic hydroxyl groups is 1. The summed E-state index contributed by atoms with van der Waals surface area (Å²) in [4.78, 5) is 0. The predicted octanol–water partition coefficient (Wildman–Crippen LogP) is 2.11. The molecule has 0 radical (unpaired) electrons. The second-order valence-electron chi connectivity index (χ2n) is 3.09. The molecule has 1 rings (SSSR count). The summed E-state index contributed by atoms with van der Waals surface area (Å²) in [5.41, 5.74) is 0.550. The first-order valence-corrected chi connectivity index (χ1v) is 4.19. The Morgan fingerprint density at radius 2 is 2.15 bits per heavy atom. The Labute approximate surface area is 77.0 Å². The van der Waals surface area contributed by atoms with Crippen LogP contribution in [0.25, 0.3) is 0 Å². The lowest BCUT2D eigenvalue weighted by Gasteiger charge is -2.10. The van der Waals surface area contributed by atoms with Crippen LogP contribution in [0.5, 0.6) is 5.75 Å². The van der Waals surface area contributed by atoms with Crippen molar-refractivity contribution in [1.29, 1.82) is 0 Å². The summed E-state index contributed by atoms with van der Waals surface area (Å²) in [7, 11) is 0. The van der Waals surface area contributed by atoms with Crippen LogP contribution in [-0.4, -0.2) is 11.2 Å². The molecule has 1 aromatic carbocycles. The lowest BCUT2D eigenvalue weighted by atomic mass is 10.2. The molecular formula is C10H13FO2. The third-order valence-corrected chi connectivity index (χ3v) is 1.54. The number of halogens is 1. The molecule has 0 amide bonds. The largest absolute Gasteiger partial charge is 0.488 e. The van der Waals surface area contributed by atoms with Crippen LogP contribution in [0.2, 0.25) is 0 Å². The number of benzene rings is 1. The monoisotopic (exact) mass is 184 g/mol. The van der Waals surface area contributed by atoms with Gasteiger partial charge in [-0.15, -0.1) is 0 Å². The number of ether oxygens (including phenoxy) is 1. The van der Waals surface area contributed by atoms with Gasteiger partial charge in [0, 0.05) is 0 Å². The van der Waals surface area contributed by atoms with Crippen LogP contribution in [0.3, 0.4) is 0 Å². The summed E-state index contributed by atoms with van der Waals surface area (Å²) >= 11 is 0. The zero-order chi connectivity index (χ0) is 9.84. The fraction of sp³-hybridized carbons (Fsp3) is 0.400. The van der Waals surface area contributed by atoms with Crippen LogP contribution in [-0.2, 0) is 6.61 Å². The van der Waals surface area contributed by atoms with E-state index in [4.69, 9.17) is 9.84 Å². The van der Waals surface area contributed by atoms with Gasteiger partial charge in [0.2, 0.25) is 0 Å². The van der Waals surface area contributed by atoms with Gasteiger partial charge in [-0.25, -0.2) is 4.39 Å². The molecule has 3 heteroatoms. The molecule has 1 aromatic rings. The normalized spacial score (nSPS) is 10.5. The van der Waals surface area contributed by atoms with E-state index in [-0.39, 0.29) is 18.5 Å². The molecule has 0 unspecified atom stereocenters. The van der Waals surface area contributed by atoms with E-state index in [2.05, 4.69) is 0 Å². The lowest BCUT2D eigenvalue weighted by Crippen LogP contribution is -2.07. The van der Waals surface area contributed by atoms with Crippen LogP contribution in [0, 0.1) is 5.82 Å². The van der Waals surface area contributed by atoms with Crippen molar-refractivity contribution >= 4 is 0 Å². The molecule has 0 heterocycles. The van der Waals surface area contributed by atoms with Crippen molar-refractivity contribution < 1.29 is 14.2 Å². The quantitative estimate of drug-likeness (QED) is 0.779. The van der Waals surface area contributed by atoms with Gasteiger partial charge in [0.15, 0.2) is 11.6 Å². The number of aliphatic hydroxyl groups excluding tert-OH is 1. The highest BCUT2D eigenvalue weighted by Crippen LogP contribution is 2.19. The Kier molecular flexibility index (Phi) is 3.25. The second kappa shape index (κ2) is 4.23. The first kappa shape index (κ1) is 9.99. The van der Waals surface area contributed by atoms with Gasteiger partial charge in [0.05, 0.1) is 12.7 Å². The van der Waals surface area contributed by atoms with Gasteiger partial charge in [-0.3, -0.25) is 0 Å². The number of hydrogen-bond donors (Lipinski definition) is 1. The topological polar surface area (TPSA) is 29.5 Å². The van der Waals surface area contributed by atoms with Crippen LogP contribution < -0.4 is 4.74 Å². The summed E-state index contributed by atoms with van der Waals surface area (Å²) < 4.78 is 18.3. The highest BCUT2D eigenvalue weighted by molar-refractivity contribution is 5.29. The third-order valence-electron chi connectivity index (χ3n) is 1.54. The minimum Gasteiger partial charge on any atom is -0.488 e. The molecule has 0 atom stereocenters. The number of hydrogen-bond acceptors (Lipinski definition) is 2. The molecule has 72 valence electrons. The molecule has 0 aliphatic heterocycles. The summed E-state index contributed by atoms with van der Waals surface area (Å²) in [6.45, 7) is 3.51. The molecule has 0 aromatic heterocycles. The van der Waals surface area contributed by atoms with Crippen LogP contribution >= 0.6 is 0 Å². The fourth-order valence-electron chi connectivity index (χ4n) is 0.992. The standard InChI is InChI=1S/C10H13FO2/c1-7(2)13-10-4-3-8(6-12)5-9(10)11/h3-5,7,12H,6H2,1-2H3. The first-order valence-electron chi connectivity index (χ1n) is 4.19. The first-order chi connectivity index (χ1) is 6.13. The van der Waals surface area contributed by atoms with Crippen LogP contribution in [0.15, 0.2) is 18.2 Å². The van der Waals surface area contributed by atoms with E-state index in [1.54, 1.807) is 6.07 Å². The molecule has 0 saturated heterocycles. The number of rotatable bonds is 3. The molecule has 0 saturated carbocycles. The van der Waals surface area contributed by atoms with Gasteiger partial charge >= 0.3 is 0 Å². The van der Waals surface area contributed by atoms with Gasteiger partial charge in [-0.05, 0) is 31.5 Å². The Balaban J connectivity index is 2.85. The zero-order valence-electron chi connectivity index (χ0n) is 7.75. The Morgan fingerprint density at radius 3 is 2.62 bits per heavy atom. The molecule has 13 heavy (non-hydrogen) atoms. The van der Waals surface area contributed by atoms with Crippen molar-refractivity contribution in [3.05, 3.63) is 29.6 Å². The molecule has 0 aliphatic carbocycles. The van der Waals surface area contributed by atoms with E-state index in [0.29, 0.717) is 5.56 Å². The highest BCUT2D eigenvalue weighted by atomic mass is 19.1. The van der Waals surface area contributed by atoms with Crippen molar-refractivity contribution in [1.82, 2.24) is 0 Å². The fourth-order valence-corrected chi connectivity index (χ4v) is 0.992. The van der Waals surface area contributed by atoms with E-state index in [1.807, 2.05) is 13.8 Å². The van der Waals surface area contributed by atoms with Crippen LogP contribution in [0.1, 0.15) is 19.4 Å². The van der Waals surface area contributed by atoms with Gasteiger partial charge in [-0.2, -0.15) is 0 Å². The molecule has 0 bridgehead atoms. The Morgan fingerprint density at radius 1 is 1.46 bits per heavy atom. The molecule has 1 N–H and O–H groups in total. The molecule has 2 nitrogen and oxygen atoms in total. The Bertz CT molecular complexity index is 284. The predicted molar refractivity (Wildman–Crippen MR) is 48.1 cm³/mol. The van der Waals surface area contributed by atoms with E-state index in [1.165, 1.54) is 12.1 Å². The molecular weight excluding hydrogens is 171 g/mol. The summed E-state index contributed by atoms with van der Waals surface area (Å²) in [6, 6.07) is 4.44. The van der Waals surface area contributed by atoms with Crippen molar-refractivity contribution in [2.45, 2.75) is 26.6 Å². The van der Waals surface area contributed by atoms with Gasteiger partial charge < -0.3 is 9.84 Å². The van der Waals surface area contributed by atoms with E-state index in [0.717, 1.165) is 0 Å². The van der Waals surface area contributed by atoms with Gasteiger partial charge in [-0.1, -0.05) is 6.07 Å². The average molecular weight is 184 g/mol. The second-order valence-corrected chi connectivity index (χ2v) is 3.09. The third kappa shape index (κ3) is 2.70. The Hall–Kier alpha value is -1.09. The maximum atomic E-state index is 13.2. The molecule has 0 spiro atoms.